The van der Waals surface area contributed by atoms with Gasteiger partial charge in [-0.15, -0.1) is 0 Å². The van der Waals surface area contributed by atoms with Crippen molar-refractivity contribution in [1.82, 2.24) is 9.80 Å². The lowest BCUT2D eigenvalue weighted by Crippen LogP contribution is -2.45. The van der Waals surface area contributed by atoms with Crippen LogP contribution in [0.2, 0.25) is 0 Å². The molecule has 2 atom stereocenters. The fourth-order valence-electron chi connectivity index (χ4n) is 2.42. The van der Waals surface area contributed by atoms with Crippen LogP contribution in [0.5, 0.6) is 0 Å². The number of carbonyl (C=O) groups excluding carboxylic acids is 2. The Morgan fingerprint density at radius 2 is 2.05 bits per heavy atom. The molecule has 0 aliphatic carbocycles. The summed E-state index contributed by atoms with van der Waals surface area (Å²) in [5.41, 5.74) is 0. The highest BCUT2D eigenvalue weighted by Crippen LogP contribution is 2.25. The van der Waals surface area contributed by atoms with E-state index in [-0.39, 0.29) is 24.5 Å². The summed E-state index contributed by atoms with van der Waals surface area (Å²) in [6.07, 6.45) is 1.28. The number of amides is 2. The molecular formula is C13H22N2O5. The predicted molar refractivity (Wildman–Crippen MR) is 71.2 cm³/mol. The molecule has 114 valence electrons. The van der Waals surface area contributed by atoms with Crippen LogP contribution in [0.4, 0.5) is 4.79 Å². The van der Waals surface area contributed by atoms with Gasteiger partial charge in [0, 0.05) is 32.6 Å². The molecule has 1 heterocycles. The van der Waals surface area contributed by atoms with Crippen molar-refractivity contribution < 1.29 is 24.2 Å². The van der Waals surface area contributed by atoms with Gasteiger partial charge in [-0.05, 0) is 19.8 Å². The van der Waals surface area contributed by atoms with Gasteiger partial charge in [-0.2, -0.15) is 0 Å². The second-order valence-electron chi connectivity index (χ2n) is 5.05. The Morgan fingerprint density at radius 3 is 2.55 bits per heavy atom. The topological polar surface area (TPSA) is 87.2 Å². The number of ether oxygens (including phenoxy) is 1. The van der Waals surface area contributed by atoms with Gasteiger partial charge in [0.2, 0.25) is 0 Å². The second-order valence-corrected chi connectivity index (χ2v) is 5.05. The zero-order valence-electron chi connectivity index (χ0n) is 12.2. The zero-order valence-corrected chi connectivity index (χ0v) is 12.2. The summed E-state index contributed by atoms with van der Waals surface area (Å²) in [6.45, 7) is 2.65. The molecule has 0 radical (unpaired) electrons. The van der Waals surface area contributed by atoms with Crippen molar-refractivity contribution in [2.75, 3.05) is 27.2 Å². The molecule has 0 aromatic heterocycles. The molecule has 0 spiro atoms. The molecule has 2 unspecified atom stereocenters. The van der Waals surface area contributed by atoms with E-state index in [0.29, 0.717) is 25.9 Å². The molecule has 2 amide bonds. The molecule has 7 heteroatoms. The van der Waals surface area contributed by atoms with Gasteiger partial charge >= 0.3 is 18.0 Å². The molecule has 0 aromatic carbocycles. The number of carboxylic acid groups (broad SMARTS) is 1. The van der Waals surface area contributed by atoms with Crippen LogP contribution in [-0.4, -0.2) is 66.2 Å². The van der Waals surface area contributed by atoms with Crippen molar-refractivity contribution in [1.29, 1.82) is 0 Å². The molecule has 1 N–H and O–H groups in total. The number of carboxylic acids is 1. The number of rotatable bonds is 5. The summed E-state index contributed by atoms with van der Waals surface area (Å²) in [5, 5.41) is 9.05. The Labute approximate surface area is 118 Å². The fourth-order valence-corrected chi connectivity index (χ4v) is 2.42. The third kappa shape index (κ3) is 3.85. The number of likely N-dealkylation sites (tertiary alicyclic amines) is 1. The van der Waals surface area contributed by atoms with Gasteiger partial charge in [-0.3, -0.25) is 9.59 Å². The summed E-state index contributed by atoms with van der Waals surface area (Å²) in [4.78, 5) is 37.3. The summed E-state index contributed by atoms with van der Waals surface area (Å²) in [5.74, 6) is -1.66. The first kappa shape index (κ1) is 16.3. The SMILES string of the molecule is COC(=O)CCCN(C)C(=O)N1CCC(C(=O)O)C1C. The van der Waals surface area contributed by atoms with E-state index in [1.807, 2.05) is 0 Å². The predicted octanol–water partition coefficient (Wildman–Crippen LogP) is 0.786. The average molecular weight is 286 g/mol. The summed E-state index contributed by atoms with van der Waals surface area (Å²) >= 11 is 0. The van der Waals surface area contributed by atoms with E-state index in [4.69, 9.17) is 5.11 Å². The molecular weight excluding hydrogens is 264 g/mol. The van der Waals surface area contributed by atoms with Crippen LogP contribution in [0.15, 0.2) is 0 Å². The smallest absolute Gasteiger partial charge is 0.320 e. The first-order chi connectivity index (χ1) is 9.38. The first-order valence-electron chi connectivity index (χ1n) is 6.69. The van der Waals surface area contributed by atoms with E-state index >= 15 is 0 Å². The minimum absolute atomic E-state index is 0.189. The average Bonchev–Trinajstić information content (AvgIpc) is 2.79. The number of aliphatic carboxylic acids is 1. The van der Waals surface area contributed by atoms with Gasteiger partial charge in [0.25, 0.3) is 0 Å². The van der Waals surface area contributed by atoms with Crippen LogP contribution in [0.1, 0.15) is 26.2 Å². The summed E-state index contributed by atoms with van der Waals surface area (Å²) < 4.78 is 4.53. The van der Waals surface area contributed by atoms with Gasteiger partial charge in [-0.1, -0.05) is 0 Å². The molecule has 0 saturated carbocycles. The lowest BCUT2D eigenvalue weighted by Gasteiger charge is -2.28. The maximum Gasteiger partial charge on any atom is 0.320 e. The Morgan fingerprint density at radius 1 is 1.40 bits per heavy atom. The van der Waals surface area contributed by atoms with E-state index < -0.39 is 11.9 Å². The van der Waals surface area contributed by atoms with Gasteiger partial charge in [0.15, 0.2) is 0 Å². The standard InChI is InChI=1S/C13H22N2O5/c1-9-10(12(17)18)6-8-15(9)13(19)14(2)7-4-5-11(16)20-3/h9-10H,4-8H2,1-3H3,(H,17,18). The van der Waals surface area contributed by atoms with Gasteiger partial charge in [0.1, 0.15) is 0 Å². The van der Waals surface area contributed by atoms with Crippen LogP contribution >= 0.6 is 0 Å². The highest BCUT2D eigenvalue weighted by Gasteiger charge is 2.38. The maximum absolute atomic E-state index is 12.2. The third-order valence-corrected chi connectivity index (χ3v) is 3.75. The minimum Gasteiger partial charge on any atom is -0.481 e. The van der Waals surface area contributed by atoms with Crippen molar-refractivity contribution in [3.8, 4) is 0 Å². The van der Waals surface area contributed by atoms with Crippen molar-refractivity contribution in [2.45, 2.75) is 32.2 Å². The monoisotopic (exact) mass is 286 g/mol. The molecule has 20 heavy (non-hydrogen) atoms. The Hall–Kier alpha value is -1.79. The minimum atomic E-state index is -0.860. The molecule has 0 bridgehead atoms. The number of hydrogen-bond donors (Lipinski definition) is 1. The largest absolute Gasteiger partial charge is 0.481 e. The van der Waals surface area contributed by atoms with E-state index in [1.165, 1.54) is 12.0 Å². The van der Waals surface area contributed by atoms with Crippen molar-refractivity contribution in [3.05, 3.63) is 0 Å². The highest BCUT2D eigenvalue weighted by atomic mass is 16.5. The number of esters is 1. The van der Waals surface area contributed by atoms with E-state index in [2.05, 4.69) is 4.74 Å². The fraction of sp³-hybridized carbons (Fsp3) is 0.769. The summed E-state index contributed by atoms with van der Waals surface area (Å²) in [7, 11) is 2.98. The normalized spacial score (nSPS) is 21.6. The molecule has 1 saturated heterocycles. The van der Waals surface area contributed by atoms with Gasteiger partial charge in [0.05, 0.1) is 13.0 Å². The maximum atomic E-state index is 12.2. The molecule has 1 rings (SSSR count). The second kappa shape index (κ2) is 7.12. The molecule has 1 fully saturated rings. The highest BCUT2D eigenvalue weighted by molar-refractivity contribution is 5.78. The van der Waals surface area contributed by atoms with Crippen LogP contribution in [0.3, 0.4) is 0 Å². The molecule has 1 aliphatic rings. The van der Waals surface area contributed by atoms with E-state index in [0.717, 1.165) is 0 Å². The van der Waals surface area contributed by atoms with Gasteiger partial charge < -0.3 is 19.6 Å². The van der Waals surface area contributed by atoms with Crippen LogP contribution in [0, 0.1) is 5.92 Å². The lowest BCUT2D eigenvalue weighted by molar-refractivity contribution is -0.142. The van der Waals surface area contributed by atoms with Crippen molar-refractivity contribution in [3.63, 3.8) is 0 Å². The number of hydrogen-bond acceptors (Lipinski definition) is 4. The number of methoxy groups -OCH3 is 1. The Balaban J connectivity index is 2.45. The van der Waals surface area contributed by atoms with Crippen LogP contribution in [0.25, 0.3) is 0 Å². The van der Waals surface area contributed by atoms with Gasteiger partial charge in [-0.25, -0.2) is 4.79 Å². The molecule has 1 aliphatic heterocycles. The third-order valence-electron chi connectivity index (χ3n) is 3.75. The quantitative estimate of drug-likeness (QED) is 0.755. The summed E-state index contributed by atoms with van der Waals surface area (Å²) in [6, 6.07) is -0.492. The van der Waals surface area contributed by atoms with Crippen LogP contribution in [-0.2, 0) is 14.3 Å². The van der Waals surface area contributed by atoms with E-state index in [9.17, 15) is 14.4 Å². The Kier molecular flexibility index (Phi) is 5.79. The first-order valence-corrected chi connectivity index (χ1v) is 6.69. The number of nitrogens with zero attached hydrogens (tertiary/aromatic N) is 2. The number of urea groups is 1. The molecule has 0 aromatic rings. The zero-order chi connectivity index (χ0) is 15.3. The molecule has 7 nitrogen and oxygen atoms in total. The van der Waals surface area contributed by atoms with Crippen molar-refractivity contribution in [2.24, 2.45) is 5.92 Å². The number of carbonyl (C=O) groups is 3. The lowest BCUT2D eigenvalue weighted by atomic mass is 10.0. The van der Waals surface area contributed by atoms with Crippen LogP contribution < -0.4 is 0 Å². The van der Waals surface area contributed by atoms with Crippen molar-refractivity contribution >= 4 is 18.0 Å². The Bertz CT molecular complexity index is 385. The van der Waals surface area contributed by atoms with E-state index in [1.54, 1.807) is 18.9 Å².